The maximum Gasteiger partial charge on any atom is 0.0431 e. The average molecular weight is 355 g/mol. The lowest BCUT2D eigenvalue weighted by Crippen LogP contribution is -2.04. The molecule has 1 fully saturated rings. The first-order valence-electron chi connectivity index (χ1n) is 11.5. The Hall–Kier alpha value is -0.0800. The molecule has 0 saturated heterocycles. The van der Waals surface area contributed by atoms with Crippen LogP contribution in [0.5, 0.6) is 0 Å². The molecular formula is C23H46O2. The van der Waals surface area contributed by atoms with E-state index in [1.54, 1.807) is 0 Å². The maximum atomic E-state index is 8.80. The minimum absolute atomic E-state index is 0.365. The Morgan fingerprint density at radius 1 is 0.600 bits per heavy atom. The highest BCUT2D eigenvalue weighted by atomic mass is 16.3. The third-order valence-electron chi connectivity index (χ3n) is 6.52. The highest BCUT2D eigenvalue weighted by molar-refractivity contribution is 5.00. The van der Waals surface area contributed by atoms with Crippen molar-refractivity contribution in [3.8, 4) is 0 Å². The van der Waals surface area contributed by atoms with Gasteiger partial charge in [0.2, 0.25) is 0 Å². The van der Waals surface area contributed by atoms with Crippen molar-refractivity contribution in [1.82, 2.24) is 0 Å². The van der Waals surface area contributed by atoms with Crippen LogP contribution in [0.15, 0.2) is 0 Å². The second-order valence-corrected chi connectivity index (χ2v) is 8.57. The number of aliphatic hydroxyl groups is 2. The van der Waals surface area contributed by atoms with Crippen LogP contribution in [0.1, 0.15) is 122 Å². The van der Waals surface area contributed by atoms with Crippen LogP contribution in [-0.4, -0.2) is 23.4 Å². The molecule has 1 rings (SSSR count). The van der Waals surface area contributed by atoms with E-state index < -0.39 is 0 Å². The molecule has 0 aromatic heterocycles. The average Bonchev–Trinajstić information content (AvgIpc) is 3.33. The van der Waals surface area contributed by atoms with Crippen molar-refractivity contribution < 1.29 is 10.2 Å². The van der Waals surface area contributed by atoms with E-state index in [9.17, 15) is 0 Å². The number of rotatable bonds is 19. The fraction of sp³-hybridized carbons (Fsp3) is 1.00. The highest BCUT2D eigenvalue weighted by Gasteiger charge is 2.50. The van der Waals surface area contributed by atoms with Gasteiger partial charge in [-0.1, -0.05) is 90.4 Å². The molecule has 2 nitrogen and oxygen atoms in total. The molecule has 0 bridgehead atoms. The fourth-order valence-corrected chi connectivity index (χ4v) is 4.69. The van der Waals surface area contributed by atoms with E-state index in [4.69, 9.17) is 10.2 Å². The molecule has 0 amide bonds. The number of unbranched alkanes of at least 4 members (excludes halogenated alkanes) is 12. The van der Waals surface area contributed by atoms with E-state index >= 15 is 0 Å². The van der Waals surface area contributed by atoms with Crippen LogP contribution in [0.2, 0.25) is 0 Å². The number of hydrogen-bond donors (Lipinski definition) is 2. The van der Waals surface area contributed by atoms with Gasteiger partial charge in [0.25, 0.3) is 0 Å². The lowest BCUT2D eigenvalue weighted by atomic mass is 9.88. The lowest BCUT2D eigenvalue weighted by Gasteiger charge is -2.17. The second-order valence-electron chi connectivity index (χ2n) is 8.57. The predicted octanol–water partition coefficient (Wildman–Crippen LogP) is 6.63. The maximum absolute atomic E-state index is 8.80. The zero-order valence-corrected chi connectivity index (χ0v) is 17.1. The molecule has 1 unspecified atom stereocenters. The Balaban J connectivity index is 2.00. The van der Waals surface area contributed by atoms with Gasteiger partial charge in [0, 0.05) is 13.2 Å². The summed E-state index contributed by atoms with van der Waals surface area (Å²) in [6, 6.07) is 0. The minimum Gasteiger partial charge on any atom is -0.396 e. The summed E-state index contributed by atoms with van der Waals surface area (Å²) in [7, 11) is 0. The van der Waals surface area contributed by atoms with Crippen molar-refractivity contribution in [2.24, 2.45) is 11.3 Å². The van der Waals surface area contributed by atoms with Gasteiger partial charge in [-0.2, -0.15) is 0 Å². The molecule has 1 atom stereocenters. The van der Waals surface area contributed by atoms with Crippen LogP contribution in [0, 0.1) is 11.3 Å². The first-order chi connectivity index (χ1) is 12.3. The quantitative estimate of drug-likeness (QED) is 0.256. The summed E-state index contributed by atoms with van der Waals surface area (Å²) < 4.78 is 0. The normalized spacial score (nSPS) is 18.6. The summed E-state index contributed by atoms with van der Waals surface area (Å²) in [5.74, 6) is 1.03. The van der Waals surface area contributed by atoms with Gasteiger partial charge in [0.05, 0.1) is 0 Å². The SMILES string of the molecule is CCC1CC1(CCCCCCCCCO)CCCCCCCCCO. The minimum atomic E-state index is 0.365. The molecule has 1 aliphatic rings. The van der Waals surface area contributed by atoms with E-state index in [-0.39, 0.29) is 0 Å². The Kier molecular flexibility index (Phi) is 13.8. The largest absolute Gasteiger partial charge is 0.396 e. The van der Waals surface area contributed by atoms with Crippen LogP contribution < -0.4 is 0 Å². The van der Waals surface area contributed by atoms with E-state index in [1.807, 2.05) is 0 Å². The Bertz CT molecular complexity index is 270. The molecule has 0 spiro atoms. The summed E-state index contributed by atoms with van der Waals surface area (Å²) >= 11 is 0. The molecular weight excluding hydrogens is 308 g/mol. The molecule has 0 aromatic carbocycles. The van der Waals surface area contributed by atoms with Gasteiger partial charge >= 0.3 is 0 Å². The van der Waals surface area contributed by atoms with Crippen molar-refractivity contribution >= 4 is 0 Å². The van der Waals surface area contributed by atoms with Crippen molar-refractivity contribution in [2.45, 2.75) is 122 Å². The first-order valence-corrected chi connectivity index (χ1v) is 11.5. The Morgan fingerprint density at radius 3 is 1.28 bits per heavy atom. The molecule has 25 heavy (non-hydrogen) atoms. The van der Waals surface area contributed by atoms with Gasteiger partial charge in [0.15, 0.2) is 0 Å². The smallest absolute Gasteiger partial charge is 0.0431 e. The van der Waals surface area contributed by atoms with Crippen LogP contribution in [-0.2, 0) is 0 Å². The highest BCUT2D eigenvalue weighted by Crippen LogP contribution is 2.61. The number of aliphatic hydroxyl groups excluding tert-OH is 2. The third kappa shape index (κ3) is 10.6. The van der Waals surface area contributed by atoms with Gasteiger partial charge in [0.1, 0.15) is 0 Å². The monoisotopic (exact) mass is 354 g/mol. The van der Waals surface area contributed by atoms with Gasteiger partial charge < -0.3 is 10.2 Å². The van der Waals surface area contributed by atoms with E-state index in [1.165, 1.54) is 103 Å². The lowest BCUT2D eigenvalue weighted by molar-refractivity contribution is 0.282. The molecule has 150 valence electrons. The molecule has 1 saturated carbocycles. The number of hydrogen-bond acceptors (Lipinski definition) is 2. The van der Waals surface area contributed by atoms with E-state index in [2.05, 4.69) is 6.92 Å². The third-order valence-corrected chi connectivity index (χ3v) is 6.52. The van der Waals surface area contributed by atoms with Gasteiger partial charge in [-0.05, 0) is 43.4 Å². The summed E-state index contributed by atoms with van der Waals surface area (Å²) in [6.45, 7) is 3.11. The zero-order valence-electron chi connectivity index (χ0n) is 17.1. The van der Waals surface area contributed by atoms with Crippen molar-refractivity contribution in [3.05, 3.63) is 0 Å². The fourth-order valence-electron chi connectivity index (χ4n) is 4.69. The van der Waals surface area contributed by atoms with Crippen LogP contribution in [0.3, 0.4) is 0 Å². The molecule has 2 heteroatoms. The summed E-state index contributed by atoms with van der Waals surface area (Å²) in [5, 5.41) is 17.6. The van der Waals surface area contributed by atoms with Gasteiger partial charge in [-0.15, -0.1) is 0 Å². The Labute approximate surface area is 157 Å². The van der Waals surface area contributed by atoms with Crippen LogP contribution >= 0.6 is 0 Å². The molecule has 2 N–H and O–H groups in total. The van der Waals surface area contributed by atoms with Crippen molar-refractivity contribution in [2.75, 3.05) is 13.2 Å². The van der Waals surface area contributed by atoms with E-state index in [0.29, 0.717) is 13.2 Å². The van der Waals surface area contributed by atoms with Crippen molar-refractivity contribution in [3.63, 3.8) is 0 Å². The molecule has 1 aliphatic carbocycles. The molecule has 0 radical (unpaired) electrons. The standard InChI is InChI=1S/C23H46O2/c1-2-22-21-23(22,17-13-9-5-3-7-11-15-19-24)18-14-10-6-4-8-12-16-20-25/h22,24-25H,2-21H2,1H3. The Morgan fingerprint density at radius 2 is 0.960 bits per heavy atom. The summed E-state index contributed by atoms with van der Waals surface area (Å²) in [6.07, 6.45) is 24.1. The first kappa shape index (κ1) is 23.0. The van der Waals surface area contributed by atoms with Gasteiger partial charge in [-0.3, -0.25) is 0 Å². The van der Waals surface area contributed by atoms with E-state index in [0.717, 1.165) is 24.2 Å². The second kappa shape index (κ2) is 15.0. The topological polar surface area (TPSA) is 40.5 Å². The molecule has 0 aromatic rings. The molecule has 0 heterocycles. The van der Waals surface area contributed by atoms with Gasteiger partial charge in [-0.25, -0.2) is 0 Å². The van der Waals surface area contributed by atoms with Crippen LogP contribution in [0.4, 0.5) is 0 Å². The predicted molar refractivity (Wildman–Crippen MR) is 109 cm³/mol. The zero-order chi connectivity index (χ0) is 18.2. The van der Waals surface area contributed by atoms with Crippen LogP contribution in [0.25, 0.3) is 0 Å². The van der Waals surface area contributed by atoms with Crippen molar-refractivity contribution in [1.29, 1.82) is 0 Å². The molecule has 0 aliphatic heterocycles. The summed E-state index contributed by atoms with van der Waals surface area (Å²) in [5.41, 5.74) is 0.739. The summed E-state index contributed by atoms with van der Waals surface area (Å²) in [4.78, 5) is 0.